The average Bonchev–Trinajstić information content (AvgIpc) is 3.03. The van der Waals surface area contributed by atoms with Crippen LogP contribution in [0.5, 0.6) is 0 Å². The van der Waals surface area contributed by atoms with Gasteiger partial charge in [-0.1, -0.05) is 38.1 Å². The van der Waals surface area contributed by atoms with Gasteiger partial charge in [-0.25, -0.2) is 0 Å². The van der Waals surface area contributed by atoms with Crippen LogP contribution < -0.4 is 0 Å². The Balaban J connectivity index is 1.47. The fourth-order valence-corrected chi connectivity index (χ4v) is 5.58. The van der Waals surface area contributed by atoms with Crippen molar-refractivity contribution in [2.24, 2.45) is 5.41 Å². The van der Waals surface area contributed by atoms with Gasteiger partial charge < -0.3 is 4.90 Å². The lowest BCUT2D eigenvalue weighted by Gasteiger charge is -2.55. The first-order chi connectivity index (χ1) is 11.6. The Kier molecular flexibility index (Phi) is 4.47. The summed E-state index contributed by atoms with van der Waals surface area (Å²) in [6.45, 7) is 8.63. The smallest absolute Gasteiger partial charge is 0.0354 e. The third kappa shape index (κ3) is 2.93. The molecule has 1 aromatic carbocycles. The number of likely N-dealkylation sites (tertiary alicyclic amines) is 2. The van der Waals surface area contributed by atoms with Gasteiger partial charge in [-0.05, 0) is 87.7 Å². The number of rotatable bonds is 3. The predicted octanol–water partition coefficient (Wildman–Crippen LogP) is 4.82. The molecule has 1 aromatic rings. The summed E-state index contributed by atoms with van der Waals surface area (Å²) in [7, 11) is 2.28. The fourth-order valence-electron chi connectivity index (χ4n) is 5.58. The summed E-state index contributed by atoms with van der Waals surface area (Å²) in [6.07, 6.45) is 8.52. The topological polar surface area (TPSA) is 6.48 Å². The quantitative estimate of drug-likeness (QED) is 0.785. The largest absolute Gasteiger partial charge is 0.306 e. The molecule has 2 heteroatoms. The van der Waals surface area contributed by atoms with Gasteiger partial charge in [0, 0.05) is 12.1 Å². The second kappa shape index (κ2) is 6.46. The molecule has 1 spiro atoms. The van der Waals surface area contributed by atoms with Crippen molar-refractivity contribution in [3.63, 3.8) is 0 Å². The molecule has 132 valence electrons. The van der Waals surface area contributed by atoms with E-state index in [0.29, 0.717) is 17.4 Å². The van der Waals surface area contributed by atoms with Gasteiger partial charge in [-0.15, -0.1) is 0 Å². The van der Waals surface area contributed by atoms with E-state index in [1.165, 1.54) is 58.2 Å². The van der Waals surface area contributed by atoms with Crippen LogP contribution in [0.3, 0.4) is 0 Å². The van der Waals surface area contributed by atoms with Crippen LogP contribution in [-0.4, -0.2) is 42.5 Å². The molecule has 1 atom stereocenters. The molecular formula is C22H34N2. The number of hydrogen-bond acceptors (Lipinski definition) is 2. The van der Waals surface area contributed by atoms with Gasteiger partial charge in [0.1, 0.15) is 0 Å². The Bertz CT molecular complexity index is 563. The second-order valence-electron chi connectivity index (χ2n) is 9.04. The van der Waals surface area contributed by atoms with Gasteiger partial charge >= 0.3 is 0 Å². The maximum absolute atomic E-state index is 2.88. The monoisotopic (exact) mass is 326 g/mol. The summed E-state index contributed by atoms with van der Waals surface area (Å²) in [5, 5.41) is 0. The summed E-state index contributed by atoms with van der Waals surface area (Å²) in [5.41, 5.74) is 3.89. The number of hydrogen-bond donors (Lipinski definition) is 0. The Morgan fingerprint density at radius 2 is 1.75 bits per heavy atom. The van der Waals surface area contributed by atoms with Crippen LogP contribution in [0.1, 0.15) is 75.5 Å². The lowest BCUT2D eigenvalue weighted by atomic mass is 9.60. The predicted molar refractivity (Wildman–Crippen MR) is 101 cm³/mol. The van der Waals surface area contributed by atoms with E-state index >= 15 is 0 Å². The number of piperidine rings is 1. The van der Waals surface area contributed by atoms with Crippen LogP contribution >= 0.6 is 0 Å². The van der Waals surface area contributed by atoms with E-state index in [0.717, 1.165) is 6.04 Å². The SMILES string of the molecule is CC(C)c1ccccc1C1CCCN1C1CC2(CCN(C)CC2)C1. The van der Waals surface area contributed by atoms with Crippen molar-refractivity contribution in [1.82, 2.24) is 9.80 Å². The molecule has 4 rings (SSSR count). The van der Waals surface area contributed by atoms with E-state index in [9.17, 15) is 0 Å². The van der Waals surface area contributed by atoms with Gasteiger partial charge in [0.05, 0.1) is 0 Å². The van der Waals surface area contributed by atoms with Crippen LogP contribution in [0.2, 0.25) is 0 Å². The minimum atomic E-state index is 0.630. The maximum atomic E-state index is 2.88. The molecule has 2 saturated heterocycles. The maximum Gasteiger partial charge on any atom is 0.0354 e. The van der Waals surface area contributed by atoms with Crippen LogP contribution in [-0.2, 0) is 0 Å². The zero-order valence-electron chi connectivity index (χ0n) is 15.8. The molecule has 1 saturated carbocycles. The van der Waals surface area contributed by atoms with Crippen molar-refractivity contribution >= 4 is 0 Å². The zero-order chi connectivity index (χ0) is 16.7. The molecule has 2 heterocycles. The van der Waals surface area contributed by atoms with E-state index in [1.54, 1.807) is 11.1 Å². The van der Waals surface area contributed by atoms with E-state index in [1.807, 2.05) is 0 Å². The molecule has 2 nitrogen and oxygen atoms in total. The summed E-state index contributed by atoms with van der Waals surface area (Å²) < 4.78 is 0. The van der Waals surface area contributed by atoms with Crippen LogP contribution in [0.4, 0.5) is 0 Å². The standard InChI is InChI=1S/C22H34N2/c1-17(2)19-7-4-5-8-20(19)21-9-6-12-24(21)18-15-22(16-18)10-13-23(3)14-11-22/h4-5,7-8,17-18,21H,6,9-16H2,1-3H3. The fraction of sp³-hybridized carbons (Fsp3) is 0.727. The molecule has 2 aliphatic heterocycles. The Morgan fingerprint density at radius 1 is 1.04 bits per heavy atom. The first-order valence-corrected chi connectivity index (χ1v) is 10.1. The summed E-state index contributed by atoms with van der Waals surface area (Å²) in [6, 6.07) is 10.8. The molecule has 0 aromatic heterocycles. The highest BCUT2D eigenvalue weighted by Gasteiger charge is 2.49. The van der Waals surface area contributed by atoms with Crippen molar-refractivity contribution < 1.29 is 0 Å². The lowest BCUT2D eigenvalue weighted by molar-refractivity contribution is -0.0437. The first-order valence-electron chi connectivity index (χ1n) is 10.1. The van der Waals surface area contributed by atoms with E-state index in [4.69, 9.17) is 0 Å². The van der Waals surface area contributed by atoms with Gasteiger partial charge in [0.25, 0.3) is 0 Å². The zero-order valence-corrected chi connectivity index (χ0v) is 15.8. The Hall–Kier alpha value is -0.860. The third-order valence-corrected chi connectivity index (χ3v) is 7.13. The number of benzene rings is 1. The normalized spacial score (nSPS) is 28.6. The van der Waals surface area contributed by atoms with Crippen molar-refractivity contribution in [2.45, 2.75) is 70.4 Å². The van der Waals surface area contributed by atoms with Crippen molar-refractivity contribution in [3.05, 3.63) is 35.4 Å². The van der Waals surface area contributed by atoms with Gasteiger partial charge in [-0.3, -0.25) is 4.90 Å². The molecule has 0 bridgehead atoms. The molecule has 0 amide bonds. The highest BCUT2D eigenvalue weighted by atomic mass is 15.2. The van der Waals surface area contributed by atoms with E-state index < -0.39 is 0 Å². The first kappa shape index (κ1) is 16.6. The van der Waals surface area contributed by atoms with Crippen LogP contribution in [0.15, 0.2) is 24.3 Å². The molecule has 3 fully saturated rings. The summed E-state index contributed by atoms with van der Waals surface area (Å²) >= 11 is 0. The molecule has 0 radical (unpaired) electrons. The van der Waals surface area contributed by atoms with E-state index in [2.05, 4.69) is 55.0 Å². The molecular weight excluding hydrogens is 292 g/mol. The Labute approximate surface area is 148 Å². The lowest BCUT2D eigenvalue weighted by Crippen LogP contribution is -2.54. The van der Waals surface area contributed by atoms with Crippen LogP contribution in [0, 0.1) is 5.41 Å². The van der Waals surface area contributed by atoms with Gasteiger partial charge in [0.2, 0.25) is 0 Å². The summed E-state index contributed by atoms with van der Waals surface area (Å²) in [4.78, 5) is 5.39. The van der Waals surface area contributed by atoms with Gasteiger partial charge in [0.15, 0.2) is 0 Å². The van der Waals surface area contributed by atoms with Crippen molar-refractivity contribution in [1.29, 1.82) is 0 Å². The summed E-state index contributed by atoms with van der Waals surface area (Å²) in [5.74, 6) is 0.630. The van der Waals surface area contributed by atoms with Gasteiger partial charge in [-0.2, -0.15) is 0 Å². The second-order valence-corrected chi connectivity index (χ2v) is 9.04. The third-order valence-electron chi connectivity index (χ3n) is 7.13. The number of nitrogens with zero attached hydrogens (tertiary/aromatic N) is 2. The average molecular weight is 327 g/mol. The van der Waals surface area contributed by atoms with E-state index in [-0.39, 0.29) is 0 Å². The van der Waals surface area contributed by atoms with Crippen molar-refractivity contribution in [3.8, 4) is 0 Å². The minimum Gasteiger partial charge on any atom is -0.306 e. The molecule has 0 N–H and O–H groups in total. The van der Waals surface area contributed by atoms with Crippen molar-refractivity contribution in [2.75, 3.05) is 26.7 Å². The van der Waals surface area contributed by atoms with Crippen LogP contribution in [0.25, 0.3) is 0 Å². The molecule has 24 heavy (non-hydrogen) atoms. The molecule has 1 aliphatic carbocycles. The minimum absolute atomic E-state index is 0.630. The molecule has 1 unspecified atom stereocenters. The highest BCUT2D eigenvalue weighted by molar-refractivity contribution is 5.33. The Morgan fingerprint density at radius 3 is 2.46 bits per heavy atom. The highest BCUT2D eigenvalue weighted by Crippen LogP contribution is 2.53. The molecule has 3 aliphatic rings.